The zero-order valence-electron chi connectivity index (χ0n) is 7.51. The molecule has 14 heavy (non-hydrogen) atoms. The molecule has 72 valence electrons. The molecular formula is C11H8BrClO. The fraction of sp³-hybridized carbons (Fsp3) is 0.0909. The zero-order valence-corrected chi connectivity index (χ0v) is 9.85. The van der Waals surface area contributed by atoms with E-state index in [4.69, 9.17) is 11.6 Å². The third kappa shape index (κ3) is 1.39. The number of hydrogen-bond acceptors (Lipinski definition) is 1. The van der Waals surface area contributed by atoms with Crippen molar-refractivity contribution in [1.29, 1.82) is 0 Å². The second-order valence-electron chi connectivity index (χ2n) is 3.16. The van der Waals surface area contributed by atoms with Gasteiger partial charge in [-0.15, -0.1) is 0 Å². The van der Waals surface area contributed by atoms with E-state index in [1.807, 2.05) is 25.1 Å². The van der Waals surface area contributed by atoms with Gasteiger partial charge in [-0.3, -0.25) is 0 Å². The summed E-state index contributed by atoms with van der Waals surface area (Å²) < 4.78 is 0.821. The van der Waals surface area contributed by atoms with Crippen molar-refractivity contribution < 1.29 is 5.11 Å². The van der Waals surface area contributed by atoms with Crippen LogP contribution in [0.25, 0.3) is 10.8 Å². The molecule has 0 aliphatic carbocycles. The van der Waals surface area contributed by atoms with E-state index in [9.17, 15) is 5.11 Å². The fourth-order valence-electron chi connectivity index (χ4n) is 1.52. The predicted octanol–water partition coefficient (Wildman–Crippen LogP) is 4.27. The summed E-state index contributed by atoms with van der Waals surface area (Å²) in [6, 6.07) is 7.33. The van der Waals surface area contributed by atoms with Crippen molar-refractivity contribution in [3.8, 4) is 5.75 Å². The van der Waals surface area contributed by atoms with E-state index in [0.29, 0.717) is 5.02 Å². The van der Waals surface area contributed by atoms with E-state index in [1.165, 1.54) is 0 Å². The standard InChI is InChI=1S/C11H8BrClO/c1-6-7-3-2-4-9(13)11(7)8(12)5-10(6)14/h2-5,14H,1H3. The number of halogens is 2. The lowest BCUT2D eigenvalue weighted by Crippen LogP contribution is -1.82. The highest BCUT2D eigenvalue weighted by Crippen LogP contribution is 2.36. The lowest BCUT2D eigenvalue weighted by Gasteiger charge is -2.08. The number of aromatic hydroxyl groups is 1. The molecular weight excluding hydrogens is 263 g/mol. The van der Waals surface area contributed by atoms with Crippen molar-refractivity contribution in [2.24, 2.45) is 0 Å². The van der Waals surface area contributed by atoms with Crippen LogP contribution >= 0.6 is 27.5 Å². The predicted molar refractivity (Wildman–Crippen MR) is 63.1 cm³/mol. The van der Waals surface area contributed by atoms with E-state index in [2.05, 4.69) is 15.9 Å². The first kappa shape index (κ1) is 9.81. The topological polar surface area (TPSA) is 20.2 Å². The molecule has 2 aromatic rings. The quantitative estimate of drug-likeness (QED) is 0.758. The number of phenols is 1. The molecule has 0 unspecified atom stereocenters. The number of benzene rings is 2. The molecule has 2 aromatic carbocycles. The minimum absolute atomic E-state index is 0.284. The molecule has 0 radical (unpaired) electrons. The monoisotopic (exact) mass is 270 g/mol. The highest BCUT2D eigenvalue weighted by molar-refractivity contribution is 9.10. The summed E-state index contributed by atoms with van der Waals surface area (Å²) in [7, 11) is 0. The van der Waals surface area contributed by atoms with Crippen molar-refractivity contribution in [3.63, 3.8) is 0 Å². The average Bonchev–Trinajstić information content (AvgIpc) is 2.14. The van der Waals surface area contributed by atoms with Gasteiger partial charge in [0.25, 0.3) is 0 Å². The first-order valence-corrected chi connectivity index (χ1v) is 5.34. The van der Waals surface area contributed by atoms with E-state index < -0.39 is 0 Å². The Morgan fingerprint density at radius 1 is 1.36 bits per heavy atom. The van der Waals surface area contributed by atoms with Crippen molar-refractivity contribution in [2.45, 2.75) is 6.92 Å². The van der Waals surface area contributed by atoms with Gasteiger partial charge in [-0.25, -0.2) is 0 Å². The van der Waals surface area contributed by atoms with Gasteiger partial charge in [0.05, 0.1) is 0 Å². The normalized spacial score (nSPS) is 10.8. The minimum Gasteiger partial charge on any atom is -0.508 e. The van der Waals surface area contributed by atoms with Crippen LogP contribution in [0.3, 0.4) is 0 Å². The largest absolute Gasteiger partial charge is 0.508 e. The highest BCUT2D eigenvalue weighted by Gasteiger charge is 2.08. The van der Waals surface area contributed by atoms with Crippen molar-refractivity contribution in [2.75, 3.05) is 0 Å². The Labute approximate surface area is 95.4 Å². The zero-order chi connectivity index (χ0) is 10.3. The van der Waals surface area contributed by atoms with Crippen molar-refractivity contribution in [1.82, 2.24) is 0 Å². The van der Waals surface area contributed by atoms with Gasteiger partial charge in [0.2, 0.25) is 0 Å². The van der Waals surface area contributed by atoms with Gasteiger partial charge in [-0.2, -0.15) is 0 Å². The highest BCUT2D eigenvalue weighted by atomic mass is 79.9. The maximum absolute atomic E-state index is 9.62. The Bertz CT molecular complexity index is 508. The summed E-state index contributed by atoms with van der Waals surface area (Å²) >= 11 is 9.46. The maximum Gasteiger partial charge on any atom is 0.120 e. The number of hydrogen-bond donors (Lipinski definition) is 1. The van der Waals surface area contributed by atoms with Crippen LogP contribution in [0.4, 0.5) is 0 Å². The molecule has 0 saturated carbocycles. The van der Waals surface area contributed by atoms with E-state index in [0.717, 1.165) is 20.8 Å². The summed E-state index contributed by atoms with van der Waals surface area (Å²) in [5.41, 5.74) is 0.853. The molecule has 1 N–H and O–H groups in total. The Hall–Kier alpha value is -0.730. The second kappa shape index (κ2) is 3.44. The summed E-state index contributed by atoms with van der Waals surface area (Å²) in [5.74, 6) is 0.284. The molecule has 0 atom stereocenters. The van der Waals surface area contributed by atoms with Crippen LogP contribution < -0.4 is 0 Å². The van der Waals surface area contributed by atoms with Gasteiger partial charge in [0.15, 0.2) is 0 Å². The number of fused-ring (bicyclic) bond motifs is 1. The molecule has 1 nitrogen and oxygen atoms in total. The maximum atomic E-state index is 9.62. The second-order valence-corrected chi connectivity index (χ2v) is 4.43. The number of phenolic OH excluding ortho intramolecular Hbond substituents is 1. The van der Waals surface area contributed by atoms with E-state index >= 15 is 0 Å². The molecule has 0 saturated heterocycles. The molecule has 0 amide bonds. The number of rotatable bonds is 0. The van der Waals surface area contributed by atoms with Gasteiger partial charge < -0.3 is 5.11 Å². The molecule has 3 heteroatoms. The summed E-state index contributed by atoms with van der Waals surface area (Å²) in [4.78, 5) is 0. The molecule has 0 fully saturated rings. The average molecular weight is 272 g/mol. The van der Waals surface area contributed by atoms with Crippen LogP contribution in [0.2, 0.25) is 5.02 Å². The summed E-state index contributed by atoms with van der Waals surface area (Å²) in [6.07, 6.45) is 0. The smallest absolute Gasteiger partial charge is 0.120 e. The van der Waals surface area contributed by atoms with Gasteiger partial charge in [-0.05, 0) is 45.9 Å². The first-order chi connectivity index (χ1) is 6.61. The molecule has 2 rings (SSSR count). The van der Waals surface area contributed by atoms with Crippen LogP contribution in [0.5, 0.6) is 5.75 Å². The SMILES string of the molecule is Cc1c(O)cc(Br)c2c(Cl)cccc12. The first-order valence-electron chi connectivity index (χ1n) is 4.17. The molecule has 0 aliphatic rings. The molecule has 0 heterocycles. The summed E-state index contributed by atoms with van der Waals surface area (Å²) in [5, 5.41) is 12.2. The van der Waals surface area contributed by atoms with Crippen molar-refractivity contribution >= 4 is 38.3 Å². The van der Waals surface area contributed by atoms with E-state index in [1.54, 1.807) is 6.07 Å². The Morgan fingerprint density at radius 3 is 2.79 bits per heavy atom. The van der Waals surface area contributed by atoms with Gasteiger partial charge in [0, 0.05) is 14.9 Å². The third-order valence-corrected chi connectivity index (χ3v) is 3.24. The van der Waals surface area contributed by atoms with Gasteiger partial charge in [-0.1, -0.05) is 23.7 Å². The van der Waals surface area contributed by atoms with Crippen LogP contribution in [-0.4, -0.2) is 5.11 Å². The fourth-order valence-corrected chi connectivity index (χ4v) is 2.55. The van der Waals surface area contributed by atoms with Crippen LogP contribution in [0, 0.1) is 6.92 Å². The third-order valence-electron chi connectivity index (χ3n) is 2.30. The van der Waals surface area contributed by atoms with Crippen LogP contribution in [-0.2, 0) is 0 Å². The van der Waals surface area contributed by atoms with E-state index in [-0.39, 0.29) is 5.75 Å². The minimum atomic E-state index is 0.284. The Balaban J connectivity index is 3.02. The van der Waals surface area contributed by atoms with Crippen molar-refractivity contribution in [3.05, 3.63) is 39.3 Å². The number of aryl methyl sites for hydroxylation is 1. The summed E-state index contributed by atoms with van der Waals surface area (Å²) in [6.45, 7) is 1.88. The molecule has 0 spiro atoms. The molecule has 0 bridgehead atoms. The van der Waals surface area contributed by atoms with Gasteiger partial charge >= 0.3 is 0 Å². The Morgan fingerprint density at radius 2 is 2.07 bits per heavy atom. The molecule has 0 aliphatic heterocycles. The van der Waals surface area contributed by atoms with Crippen LogP contribution in [0.15, 0.2) is 28.7 Å². The Kier molecular flexibility index (Phi) is 2.41. The lowest BCUT2D eigenvalue weighted by molar-refractivity contribution is 0.472. The lowest BCUT2D eigenvalue weighted by atomic mass is 10.0. The van der Waals surface area contributed by atoms with Gasteiger partial charge in [0.1, 0.15) is 5.75 Å². The molecule has 0 aromatic heterocycles. The van der Waals surface area contributed by atoms with Crippen LogP contribution in [0.1, 0.15) is 5.56 Å².